The number of allylic oxidation sites excluding steroid dienone is 1. The normalized spacial score (nSPS) is 14.4. The Morgan fingerprint density at radius 1 is 1.03 bits per heavy atom. The molecule has 1 aliphatic rings. The van der Waals surface area contributed by atoms with Crippen molar-refractivity contribution in [2.45, 2.75) is 44.9 Å². The van der Waals surface area contributed by atoms with Gasteiger partial charge >= 0.3 is 0 Å². The van der Waals surface area contributed by atoms with E-state index in [-0.39, 0.29) is 18.3 Å². The lowest BCUT2D eigenvalue weighted by Gasteiger charge is -2.21. The first kappa shape index (κ1) is 22.6. The first-order valence-corrected chi connectivity index (χ1v) is 11.0. The highest BCUT2D eigenvalue weighted by Crippen LogP contribution is 2.32. The van der Waals surface area contributed by atoms with Gasteiger partial charge in [0.1, 0.15) is 0 Å². The molecule has 0 saturated heterocycles. The van der Waals surface area contributed by atoms with E-state index in [1.807, 2.05) is 25.1 Å². The number of carbonyl (C=O) groups excluding carboxylic acids is 2. The van der Waals surface area contributed by atoms with Crippen LogP contribution in [0.1, 0.15) is 66.4 Å². The molecule has 0 radical (unpaired) electrons. The first-order chi connectivity index (χ1) is 15.1. The summed E-state index contributed by atoms with van der Waals surface area (Å²) in [6.45, 7) is 2.33. The Morgan fingerprint density at radius 2 is 1.77 bits per heavy atom. The third-order valence-electron chi connectivity index (χ3n) is 5.62. The Labute approximate surface area is 184 Å². The fraction of sp³-hybridized carbons (Fsp3) is 0.385. The molecule has 0 heterocycles. The van der Waals surface area contributed by atoms with Crippen molar-refractivity contribution >= 4 is 17.8 Å². The van der Waals surface area contributed by atoms with Gasteiger partial charge in [0.15, 0.2) is 23.9 Å². The summed E-state index contributed by atoms with van der Waals surface area (Å²) in [6, 6.07) is 13.4. The van der Waals surface area contributed by atoms with Crippen molar-refractivity contribution in [3.05, 3.63) is 65.2 Å². The second-order valence-electron chi connectivity index (χ2n) is 7.81. The standard InChI is InChI=1S/C26H31NO4/c1-3-27-26(29)18-31-24-16-10-19(17-25(24)30-2)9-15-23(28)22-13-11-21(12-14-22)20-7-5-4-6-8-20/h9-17,20H,3-8,18H2,1-2H3,(H,27,29)/b15-9+. The van der Waals surface area contributed by atoms with E-state index in [2.05, 4.69) is 17.4 Å². The van der Waals surface area contributed by atoms with Gasteiger partial charge in [-0.25, -0.2) is 0 Å². The van der Waals surface area contributed by atoms with Crippen molar-refractivity contribution in [2.24, 2.45) is 0 Å². The number of carbonyl (C=O) groups is 2. The van der Waals surface area contributed by atoms with Gasteiger partial charge < -0.3 is 14.8 Å². The quantitative estimate of drug-likeness (QED) is 0.449. The maximum atomic E-state index is 12.6. The fourth-order valence-electron chi connectivity index (χ4n) is 3.92. The van der Waals surface area contributed by atoms with Crippen molar-refractivity contribution in [2.75, 3.05) is 20.3 Å². The van der Waals surface area contributed by atoms with E-state index >= 15 is 0 Å². The molecule has 5 nitrogen and oxygen atoms in total. The number of nitrogens with one attached hydrogen (secondary N) is 1. The van der Waals surface area contributed by atoms with Crippen LogP contribution in [0.15, 0.2) is 48.5 Å². The summed E-state index contributed by atoms with van der Waals surface area (Å²) in [5.74, 6) is 1.40. The van der Waals surface area contributed by atoms with Crippen LogP contribution in [0.2, 0.25) is 0 Å². The highest BCUT2D eigenvalue weighted by molar-refractivity contribution is 6.06. The summed E-state index contributed by atoms with van der Waals surface area (Å²) in [6.07, 6.45) is 9.76. The molecule has 2 aromatic rings. The van der Waals surface area contributed by atoms with Gasteiger partial charge in [-0.05, 0) is 55.0 Å². The molecule has 2 aromatic carbocycles. The van der Waals surface area contributed by atoms with E-state index in [9.17, 15) is 9.59 Å². The highest BCUT2D eigenvalue weighted by Gasteiger charge is 2.15. The maximum Gasteiger partial charge on any atom is 0.257 e. The molecular formula is C26H31NO4. The van der Waals surface area contributed by atoms with Crippen LogP contribution in [0, 0.1) is 0 Å². The van der Waals surface area contributed by atoms with Crippen LogP contribution in [0.25, 0.3) is 6.08 Å². The molecule has 0 bridgehead atoms. The Balaban J connectivity index is 1.62. The molecule has 31 heavy (non-hydrogen) atoms. The van der Waals surface area contributed by atoms with E-state index in [1.54, 1.807) is 31.4 Å². The summed E-state index contributed by atoms with van der Waals surface area (Å²) in [5, 5.41) is 2.68. The Morgan fingerprint density at radius 3 is 2.45 bits per heavy atom. The van der Waals surface area contributed by atoms with Gasteiger partial charge in [0, 0.05) is 12.1 Å². The Kier molecular flexibility index (Phi) is 8.27. The van der Waals surface area contributed by atoms with Crippen molar-refractivity contribution < 1.29 is 19.1 Å². The molecule has 164 valence electrons. The van der Waals surface area contributed by atoms with Crippen LogP contribution in [0.5, 0.6) is 11.5 Å². The van der Waals surface area contributed by atoms with Crippen LogP contribution in [-0.2, 0) is 4.79 Å². The Bertz CT molecular complexity index is 912. The predicted molar refractivity (Wildman–Crippen MR) is 123 cm³/mol. The van der Waals surface area contributed by atoms with E-state index in [4.69, 9.17) is 9.47 Å². The van der Waals surface area contributed by atoms with Gasteiger partial charge in [0.25, 0.3) is 5.91 Å². The molecule has 1 fully saturated rings. The SMILES string of the molecule is CCNC(=O)COc1ccc(/C=C/C(=O)c2ccc(C3CCCCC3)cc2)cc1OC. The summed E-state index contributed by atoms with van der Waals surface area (Å²) in [7, 11) is 1.54. The van der Waals surface area contributed by atoms with Gasteiger partial charge in [0.2, 0.25) is 0 Å². The molecule has 1 amide bonds. The summed E-state index contributed by atoms with van der Waals surface area (Å²) in [5.41, 5.74) is 2.84. The molecule has 0 spiro atoms. The highest BCUT2D eigenvalue weighted by atomic mass is 16.5. The first-order valence-electron chi connectivity index (χ1n) is 11.0. The lowest BCUT2D eigenvalue weighted by atomic mass is 9.84. The van der Waals surface area contributed by atoms with E-state index < -0.39 is 0 Å². The topological polar surface area (TPSA) is 64.6 Å². The maximum absolute atomic E-state index is 12.6. The van der Waals surface area contributed by atoms with E-state index in [1.165, 1.54) is 37.7 Å². The molecule has 5 heteroatoms. The van der Waals surface area contributed by atoms with Crippen molar-refractivity contribution in [1.29, 1.82) is 0 Å². The molecule has 1 N–H and O–H groups in total. The van der Waals surface area contributed by atoms with Crippen molar-refractivity contribution in [1.82, 2.24) is 5.32 Å². The lowest BCUT2D eigenvalue weighted by molar-refractivity contribution is -0.123. The average molecular weight is 422 g/mol. The minimum Gasteiger partial charge on any atom is -0.493 e. The second kappa shape index (κ2) is 11.3. The third kappa shape index (κ3) is 6.45. The van der Waals surface area contributed by atoms with Crippen molar-refractivity contribution in [3.63, 3.8) is 0 Å². The van der Waals surface area contributed by atoms with E-state index in [0.717, 1.165) is 5.56 Å². The number of rotatable bonds is 9. The number of hydrogen-bond acceptors (Lipinski definition) is 4. The zero-order chi connectivity index (χ0) is 22.1. The van der Waals surface area contributed by atoms with Crippen LogP contribution < -0.4 is 14.8 Å². The predicted octanol–water partition coefficient (Wildman–Crippen LogP) is 5.15. The molecule has 0 unspecified atom stereocenters. The summed E-state index contributed by atoms with van der Waals surface area (Å²) in [4.78, 5) is 24.2. The minimum atomic E-state index is -0.186. The smallest absolute Gasteiger partial charge is 0.257 e. The van der Waals surface area contributed by atoms with Gasteiger partial charge in [-0.1, -0.05) is 55.7 Å². The van der Waals surface area contributed by atoms with Gasteiger partial charge in [0.05, 0.1) is 7.11 Å². The zero-order valence-corrected chi connectivity index (χ0v) is 18.4. The lowest BCUT2D eigenvalue weighted by Crippen LogP contribution is -2.28. The van der Waals surface area contributed by atoms with Crippen LogP contribution >= 0.6 is 0 Å². The number of likely N-dealkylation sites (N-methyl/N-ethyl adjacent to an activating group) is 1. The number of ketones is 1. The number of ether oxygens (including phenoxy) is 2. The van der Waals surface area contributed by atoms with Crippen molar-refractivity contribution in [3.8, 4) is 11.5 Å². The van der Waals surface area contributed by atoms with Crippen LogP contribution in [0.3, 0.4) is 0 Å². The Hall–Kier alpha value is -3.08. The number of amides is 1. The average Bonchev–Trinajstić information content (AvgIpc) is 2.82. The molecule has 0 aromatic heterocycles. The summed E-state index contributed by atoms with van der Waals surface area (Å²) >= 11 is 0. The molecule has 1 aliphatic carbocycles. The van der Waals surface area contributed by atoms with Gasteiger partial charge in [-0.15, -0.1) is 0 Å². The second-order valence-corrected chi connectivity index (χ2v) is 7.81. The number of benzene rings is 2. The number of hydrogen-bond donors (Lipinski definition) is 1. The fourth-order valence-corrected chi connectivity index (χ4v) is 3.92. The molecule has 3 rings (SSSR count). The molecular weight excluding hydrogens is 390 g/mol. The molecule has 0 atom stereocenters. The monoisotopic (exact) mass is 421 g/mol. The number of methoxy groups -OCH3 is 1. The zero-order valence-electron chi connectivity index (χ0n) is 18.4. The van der Waals surface area contributed by atoms with E-state index in [0.29, 0.717) is 29.5 Å². The summed E-state index contributed by atoms with van der Waals surface area (Å²) < 4.78 is 10.9. The third-order valence-corrected chi connectivity index (χ3v) is 5.62. The molecule has 1 saturated carbocycles. The van der Waals surface area contributed by atoms with Gasteiger partial charge in [-0.3, -0.25) is 9.59 Å². The van der Waals surface area contributed by atoms with Crippen LogP contribution in [0.4, 0.5) is 0 Å². The molecule has 0 aliphatic heterocycles. The van der Waals surface area contributed by atoms with Gasteiger partial charge in [-0.2, -0.15) is 0 Å². The minimum absolute atomic E-state index is 0.0364. The van der Waals surface area contributed by atoms with Crippen LogP contribution in [-0.4, -0.2) is 32.0 Å². The largest absolute Gasteiger partial charge is 0.493 e.